The molecule has 0 aliphatic rings. The van der Waals surface area contributed by atoms with Gasteiger partial charge in [-0.1, -0.05) is 12.1 Å². The minimum absolute atomic E-state index is 0.261. The van der Waals surface area contributed by atoms with Crippen molar-refractivity contribution in [2.24, 2.45) is 0 Å². The van der Waals surface area contributed by atoms with Crippen molar-refractivity contribution in [2.45, 2.75) is 19.8 Å². The zero-order valence-corrected chi connectivity index (χ0v) is 12.6. The summed E-state index contributed by atoms with van der Waals surface area (Å²) in [4.78, 5) is 22.7. The molecule has 0 aromatic heterocycles. The molecule has 0 radical (unpaired) electrons. The summed E-state index contributed by atoms with van der Waals surface area (Å²) in [7, 11) is 3.14. The maximum absolute atomic E-state index is 11.5. The lowest BCUT2D eigenvalue weighted by molar-refractivity contribution is -0.145. The van der Waals surface area contributed by atoms with Gasteiger partial charge in [0, 0.05) is 6.54 Å². The molecule has 0 bridgehead atoms. The van der Waals surface area contributed by atoms with E-state index in [1.807, 2.05) is 18.2 Å². The summed E-state index contributed by atoms with van der Waals surface area (Å²) in [6, 6.07) is 5.57. The monoisotopic (exact) mass is 295 g/mol. The Kier molecular flexibility index (Phi) is 7.08. The van der Waals surface area contributed by atoms with E-state index in [0.29, 0.717) is 24.5 Å². The smallest absolute Gasteiger partial charge is 0.315 e. The van der Waals surface area contributed by atoms with Gasteiger partial charge in [-0.2, -0.15) is 0 Å². The predicted octanol–water partition coefficient (Wildman–Crippen LogP) is 1.32. The number of carbonyl (C=O) groups is 2. The molecule has 21 heavy (non-hydrogen) atoms. The molecule has 6 nitrogen and oxygen atoms in total. The normalized spacial score (nSPS) is 9.86. The summed E-state index contributed by atoms with van der Waals surface area (Å²) in [6.07, 6.45) is 0.317. The van der Waals surface area contributed by atoms with Crippen LogP contribution in [0.4, 0.5) is 0 Å². The maximum Gasteiger partial charge on any atom is 0.315 e. The van der Waals surface area contributed by atoms with E-state index in [0.717, 1.165) is 5.56 Å². The average molecular weight is 295 g/mol. The first-order valence-electron chi connectivity index (χ1n) is 6.74. The van der Waals surface area contributed by atoms with Crippen molar-refractivity contribution < 1.29 is 23.8 Å². The van der Waals surface area contributed by atoms with Gasteiger partial charge in [0.05, 0.1) is 20.8 Å². The van der Waals surface area contributed by atoms with Crippen LogP contribution < -0.4 is 14.8 Å². The SMILES string of the molecule is CCOC(=O)CC(=O)NCCc1cccc(OC)c1OC. The maximum atomic E-state index is 11.5. The van der Waals surface area contributed by atoms with Crippen LogP contribution in [0.3, 0.4) is 0 Å². The third-order valence-corrected chi connectivity index (χ3v) is 2.81. The van der Waals surface area contributed by atoms with Crippen molar-refractivity contribution >= 4 is 11.9 Å². The number of esters is 1. The van der Waals surface area contributed by atoms with Crippen LogP contribution in [0.1, 0.15) is 18.9 Å². The fourth-order valence-corrected chi connectivity index (χ4v) is 1.89. The van der Waals surface area contributed by atoms with Gasteiger partial charge >= 0.3 is 5.97 Å². The third kappa shape index (κ3) is 5.33. The molecule has 0 spiro atoms. The summed E-state index contributed by atoms with van der Waals surface area (Å²) in [6.45, 7) is 2.37. The second-order valence-electron chi connectivity index (χ2n) is 4.23. The molecule has 0 unspecified atom stereocenters. The molecule has 0 fully saturated rings. The van der Waals surface area contributed by atoms with E-state index in [-0.39, 0.29) is 18.9 Å². The number of amides is 1. The molecular weight excluding hydrogens is 274 g/mol. The molecule has 0 atom stereocenters. The fraction of sp³-hybridized carbons (Fsp3) is 0.467. The van der Waals surface area contributed by atoms with Crippen LogP contribution in [0.15, 0.2) is 18.2 Å². The molecular formula is C15H21NO5. The Labute approximate surface area is 124 Å². The summed E-state index contributed by atoms with van der Waals surface area (Å²) >= 11 is 0. The van der Waals surface area contributed by atoms with E-state index in [4.69, 9.17) is 14.2 Å². The quantitative estimate of drug-likeness (QED) is 0.578. The number of ether oxygens (including phenoxy) is 3. The van der Waals surface area contributed by atoms with Crippen molar-refractivity contribution in [3.05, 3.63) is 23.8 Å². The molecule has 0 heterocycles. The van der Waals surface area contributed by atoms with Gasteiger partial charge in [0.15, 0.2) is 11.5 Å². The van der Waals surface area contributed by atoms with Gasteiger partial charge in [-0.25, -0.2) is 0 Å². The molecule has 0 saturated heterocycles. The van der Waals surface area contributed by atoms with Gasteiger partial charge in [-0.3, -0.25) is 9.59 Å². The summed E-state index contributed by atoms with van der Waals surface area (Å²) in [5.74, 6) is 0.428. The van der Waals surface area contributed by atoms with Crippen LogP contribution in [-0.4, -0.2) is 39.2 Å². The minimum atomic E-state index is -0.519. The molecule has 1 aromatic rings. The summed E-state index contributed by atoms with van der Waals surface area (Å²) in [5.41, 5.74) is 0.924. The summed E-state index contributed by atoms with van der Waals surface area (Å²) < 4.78 is 15.2. The van der Waals surface area contributed by atoms with Crippen molar-refractivity contribution in [1.82, 2.24) is 5.32 Å². The first kappa shape index (κ1) is 16.8. The number of methoxy groups -OCH3 is 2. The lowest BCUT2D eigenvalue weighted by atomic mass is 10.1. The number of hydrogen-bond acceptors (Lipinski definition) is 5. The van der Waals surface area contributed by atoms with Crippen LogP contribution in [-0.2, 0) is 20.7 Å². The van der Waals surface area contributed by atoms with Crippen molar-refractivity contribution in [3.63, 3.8) is 0 Å². The number of para-hydroxylation sites is 1. The Morgan fingerprint density at radius 3 is 2.57 bits per heavy atom. The Hall–Kier alpha value is -2.24. The second-order valence-corrected chi connectivity index (χ2v) is 4.23. The molecule has 0 aliphatic heterocycles. The number of benzene rings is 1. The van der Waals surface area contributed by atoms with Gasteiger partial charge in [0.25, 0.3) is 0 Å². The first-order valence-corrected chi connectivity index (χ1v) is 6.74. The molecule has 1 rings (SSSR count). The van der Waals surface area contributed by atoms with Crippen molar-refractivity contribution in [2.75, 3.05) is 27.4 Å². The standard InChI is InChI=1S/C15H21NO5/c1-4-21-14(18)10-13(17)16-9-8-11-6-5-7-12(19-2)15(11)20-3/h5-7H,4,8-10H2,1-3H3,(H,16,17). The van der Waals surface area contributed by atoms with Crippen molar-refractivity contribution in [1.29, 1.82) is 0 Å². The highest BCUT2D eigenvalue weighted by Gasteiger charge is 2.11. The Morgan fingerprint density at radius 1 is 1.19 bits per heavy atom. The highest BCUT2D eigenvalue weighted by Crippen LogP contribution is 2.30. The third-order valence-electron chi connectivity index (χ3n) is 2.81. The number of hydrogen-bond donors (Lipinski definition) is 1. The van der Waals surface area contributed by atoms with E-state index < -0.39 is 5.97 Å². The molecule has 0 saturated carbocycles. The molecule has 6 heteroatoms. The van der Waals surface area contributed by atoms with E-state index in [2.05, 4.69) is 5.32 Å². The molecule has 1 aromatic carbocycles. The Morgan fingerprint density at radius 2 is 1.95 bits per heavy atom. The number of carbonyl (C=O) groups excluding carboxylic acids is 2. The van der Waals surface area contributed by atoms with Gasteiger partial charge in [0.2, 0.25) is 5.91 Å². The largest absolute Gasteiger partial charge is 0.493 e. The van der Waals surface area contributed by atoms with Crippen LogP contribution in [0, 0.1) is 0 Å². The van der Waals surface area contributed by atoms with Crippen LogP contribution in [0.25, 0.3) is 0 Å². The van der Waals surface area contributed by atoms with E-state index in [9.17, 15) is 9.59 Å². The van der Waals surface area contributed by atoms with Crippen LogP contribution in [0.2, 0.25) is 0 Å². The lowest BCUT2D eigenvalue weighted by Gasteiger charge is -2.12. The Bertz CT molecular complexity index is 487. The van der Waals surface area contributed by atoms with E-state index in [1.54, 1.807) is 21.1 Å². The first-order chi connectivity index (χ1) is 10.1. The van der Waals surface area contributed by atoms with E-state index in [1.165, 1.54) is 0 Å². The minimum Gasteiger partial charge on any atom is -0.493 e. The van der Waals surface area contributed by atoms with Crippen molar-refractivity contribution in [3.8, 4) is 11.5 Å². The van der Waals surface area contributed by atoms with E-state index >= 15 is 0 Å². The summed E-state index contributed by atoms with van der Waals surface area (Å²) in [5, 5.41) is 2.67. The molecule has 1 amide bonds. The topological polar surface area (TPSA) is 73.9 Å². The second kappa shape index (κ2) is 8.84. The highest BCUT2D eigenvalue weighted by atomic mass is 16.5. The number of rotatable bonds is 8. The highest BCUT2D eigenvalue weighted by molar-refractivity contribution is 5.94. The van der Waals surface area contributed by atoms with Crippen LogP contribution >= 0.6 is 0 Å². The number of nitrogens with one attached hydrogen (secondary N) is 1. The van der Waals surface area contributed by atoms with Gasteiger partial charge in [-0.05, 0) is 25.0 Å². The van der Waals surface area contributed by atoms with Crippen LogP contribution in [0.5, 0.6) is 11.5 Å². The molecule has 1 N–H and O–H groups in total. The van der Waals surface area contributed by atoms with Gasteiger partial charge in [-0.15, -0.1) is 0 Å². The molecule has 0 aliphatic carbocycles. The predicted molar refractivity (Wildman–Crippen MR) is 77.5 cm³/mol. The molecule has 116 valence electrons. The average Bonchev–Trinajstić information content (AvgIpc) is 2.46. The zero-order chi connectivity index (χ0) is 15.7. The van der Waals surface area contributed by atoms with Gasteiger partial charge in [0.1, 0.15) is 6.42 Å². The van der Waals surface area contributed by atoms with Gasteiger partial charge < -0.3 is 19.5 Å². The zero-order valence-electron chi connectivity index (χ0n) is 12.6. The Balaban J connectivity index is 2.49. The lowest BCUT2D eigenvalue weighted by Crippen LogP contribution is -2.28. The fourth-order valence-electron chi connectivity index (χ4n) is 1.89.